The molecule has 1 saturated heterocycles. The lowest BCUT2D eigenvalue weighted by Gasteiger charge is -2.33. The van der Waals surface area contributed by atoms with E-state index in [4.69, 9.17) is 5.11 Å². The van der Waals surface area contributed by atoms with Crippen LogP contribution in [0.3, 0.4) is 0 Å². The van der Waals surface area contributed by atoms with Crippen LogP contribution in [-0.4, -0.2) is 41.4 Å². The zero-order chi connectivity index (χ0) is 17.6. The molecule has 25 heavy (non-hydrogen) atoms. The number of aryl methyl sites for hydroxylation is 1. The Kier molecular flexibility index (Phi) is 6.16. The molecule has 0 aromatic heterocycles. The Bertz CT molecular complexity index is 714. The Balaban J connectivity index is 1.68. The zero-order valence-electron chi connectivity index (χ0n) is 14.6. The Morgan fingerprint density at radius 1 is 1.20 bits per heavy atom. The molecule has 1 aliphatic heterocycles. The van der Waals surface area contributed by atoms with Gasteiger partial charge in [0.05, 0.1) is 6.61 Å². The van der Waals surface area contributed by atoms with Crippen LogP contribution in [0.5, 0.6) is 0 Å². The van der Waals surface area contributed by atoms with Gasteiger partial charge in [-0.05, 0) is 55.2 Å². The summed E-state index contributed by atoms with van der Waals surface area (Å²) in [6, 6.07) is 16.2. The highest BCUT2D eigenvalue weighted by molar-refractivity contribution is 7.99. The van der Waals surface area contributed by atoms with E-state index in [0.717, 1.165) is 36.4 Å². The fraction of sp³-hybridized carbons (Fsp3) is 0.381. The molecule has 1 unspecified atom stereocenters. The predicted octanol–water partition coefficient (Wildman–Crippen LogP) is 4.10. The van der Waals surface area contributed by atoms with Crippen LogP contribution in [0.1, 0.15) is 40.2 Å². The highest BCUT2D eigenvalue weighted by Gasteiger charge is 2.26. The van der Waals surface area contributed by atoms with E-state index in [1.54, 1.807) is 11.8 Å². The predicted molar refractivity (Wildman–Crippen MR) is 103 cm³/mol. The molecule has 3 nitrogen and oxygen atoms in total. The van der Waals surface area contributed by atoms with Crippen molar-refractivity contribution in [2.24, 2.45) is 0 Å². The first kappa shape index (κ1) is 18.0. The van der Waals surface area contributed by atoms with Crippen LogP contribution in [0.2, 0.25) is 0 Å². The van der Waals surface area contributed by atoms with E-state index < -0.39 is 0 Å². The smallest absolute Gasteiger partial charge is 0.253 e. The summed E-state index contributed by atoms with van der Waals surface area (Å²) >= 11 is 1.60. The summed E-state index contributed by atoms with van der Waals surface area (Å²) in [4.78, 5) is 15.9. The normalized spacial score (nSPS) is 17.5. The monoisotopic (exact) mass is 355 g/mol. The molecular formula is C21H25NO2S. The molecule has 1 heterocycles. The van der Waals surface area contributed by atoms with Gasteiger partial charge in [0.15, 0.2) is 0 Å². The average molecular weight is 356 g/mol. The maximum absolute atomic E-state index is 12.9. The van der Waals surface area contributed by atoms with Crippen LogP contribution in [0.25, 0.3) is 0 Å². The lowest BCUT2D eigenvalue weighted by molar-refractivity contribution is 0.0707. The highest BCUT2D eigenvalue weighted by Crippen LogP contribution is 2.30. The molecule has 0 radical (unpaired) electrons. The molecule has 1 amide bonds. The number of thioether (sulfide) groups is 1. The number of aliphatic hydroxyl groups excluding tert-OH is 1. The minimum atomic E-state index is 0.122. The number of carbonyl (C=O) groups excluding carboxylic acids is 1. The second kappa shape index (κ2) is 8.54. The Labute approximate surface area is 154 Å². The molecule has 132 valence electrons. The summed E-state index contributed by atoms with van der Waals surface area (Å²) in [5.41, 5.74) is 3.43. The van der Waals surface area contributed by atoms with Gasteiger partial charge in [0.2, 0.25) is 0 Å². The quantitative estimate of drug-likeness (QED) is 0.821. The summed E-state index contributed by atoms with van der Waals surface area (Å²) in [6.45, 7) is 3.95. The number of carbonyl (C=O) groups is 1. The molecule has 0 spiro atoms. The van der Waals surface area contributed by atoms with E-state index in [2.05, 4.69) is 31.2 Å². The number of amides is 1. The van der Waals surface area contributed by atoms with Gasteiger partial charge in [-0.3, -0.25) is 4.79 Å². The third-order valence-electron chi connectivity index (χ3n) is 4.80. The Morgan fingerprint density at radius 3 is 2.68 bits per heavy atom. The van der Waals surface area contributed by atoms with Crippen molar-refractivity contribution in [1.82, 2.24) is 4.90 Å². The first-order chi connectivity index (χ1) is 12.2. The Morgan fingerprint density at radius 2 is 1.96 bits per heavy atom. The van der Waals surface area contributed by atoms with Crippen molar-refractivity contribution in [2.75, 3.05) is 25.4 Å². The second-order valence-corrected chi connectivity index (χ2v) is 7.71. The van der Waals surface area contributed by atoms with Crippen LogP contribution < -0.4 is 0 Å². The molecule has 0 aliphatic carbocycles. The molecule has 1 fully saturated rings. The van der Waals surface area contributed by atoms with Crippen molar-refractivity contribution in [3.8, 4) is 0 Å². The molecule has 3 rings (SSSR count). The van der Waals surface area contributed by atoms with E-state index in [0.29, 0.717) is 11.7 Å². The number of hydrogen-bond donors (Lipinski definition) is 1. The minimum Gasteiger partial charge on any atom is -0.396 e. The molecular weight excluding hydrogens is 330 g/mol. The van der Waals surface area contributed by atoms with Crippen LogP contribution >= 0.6 is 11.8 Å². The summed E-state index contributed by atoms with van der Waals surface area (Å²) in [6.07, 6.45) is 2.19. The van der Waals surface area contributed by atoms with Gasteiger partial charge in [0.25, 0.3) is 5.91 Å². The van der Waals surface area contributed by atoms with Gasteiger partial charge >= 0.3 is 0 Å². The first-order valence-corrected chi connectivity index (χ1v) is 9.86. The maximum atomic E-state index is 12.9. The van der Waals surface area contributed by atoms with Crippen LogP contribution in [0.4, 0.5) is 0 Å². The minimum absolute atomic E-state index is 0.122. The number of likely N-dealkylation sites (tertiary alicyclic amines) is 1. The Hall–Kier alpha value is -1.78. The number of benzene rings is 2. The van der Waals surface area contributed by atoms with E-state index in [-0.39, 0.29) is 12.5 Å². The number of nitrogens with zero attached hydrogens (tertiary/aromatic N) is 1. The van der Waals surface area contributed by atoms with E-state index >= 15 is 0 Å². The van der Waals surface area contributed by atoms with Gasteiger partial charge in [0, 0.05) is 35.2 Å². The van der Waals surface area contributed by atoms with Gasteiger partial charge in [-0.1, -0.05) is 24.3 Å². The van der Waals surface area contributed by atoms with Crippen molar-refractivity contribution in [3.05, 3.63) is 65.2 Å². The summed E-state index contributed by atoms with van der Waals surface area (Å²) in [5, 5.41) is 8.90. The molecule has 2 aromatic carbocycles. The summed E-state index contributed by atoms with van der Waals surface area (Å²) < 4.78 is 0. The van der Waals surface area contributed by atoms with Gasteiger partial charge in [-0.2, -0.15) is 0 Å². The summed E-state index contributed by atoms with van der Waals surface area (Å²) in [7, 11) is 0. The highest BCUT2D eigenvalue weighted by atomic mass is 32.2. The molecule has 0 saturated carbocycles. The van der Waals surface area contributed by atoms with E-state index in [9.17, 15) is 4.79 Å². The topological polar surface area (TPSA) is 40.5 Å². The third kappa shape index (κ3) is 4.44. The molecule has 0 bridgehead atoms. The molecule has 1 aliphatic rings. The van der Waals surface area contributed by atoms with Crippen molar-refractivity contribution < 1.29 is 9.90 Å². The maximum Gasteiger partial charge on any atom is 0.253 e. The molecule has 4 heteroatoms. The van der Waals surface area contributed by atoms with Crippen molar-refractivity contribution in [2.45, 2.75) is 30.6 Å². The number of piperidine rings is 1. The number of aliphatic hydroxyl groups is 1. The fourth-order valence-electron chi connectivity index (χ4n) is 3.50. The molecule has 1 N–H and O–H groups in total. The van der Waals surface area contributed by atoms with Crippen LogP contribution in [0, 0.1) is 6.92 Å². The molecule has 2 aromatic rings. The van der Waals surface area contributed by atoms with Gasteiger partial charge in [-0.25, -0.2) is 0 Å². The lowest BCUT2D eigenvalue weighted by atomic mass is 9.88. The van der Waals surface area contributed by atoms with Crippen molar-refractivity contribution in [3.63, 3.8) is 0 Å². The first-order valence-electron chi connectivity index (χ1n) is 8.87. The third-order valence-corrected chi connectivity index (χ3v) is 5.79. The van der Waals surface area contributed by atoms with Crippen LogP contribution in [0.15, 0.2) is 53.4 Å². The largest absolute Gasteiger partial charge is 0.396 e. The van der Waals surface area contributed by atoms with Crippen molar-refractivity contribution in [1.29, 1.82) is 0 Å². The van der Waals surface area contributed by atoms with Gasteiger partial charge < -0.3 is 10.0 Å². The van der Waals surface area contributed by atoms with Crippen molar-refractivity contribution >= 4 is 17.7 Å². The summed E-state index contributed by atoms with van der Waals surface area (Å²) in [5.74, 6) is 1.23. The van der Waals surface area contributed by atoms with Crippen LogP contribution in [-0.2, 0) is 0 Å². The lowest BCUT2D eigenvalue weighted by Crippen LogP contribution is -2.39. The average Bonchev–Trinajstić information content (AvgIpc) is 2.67. The number of hydrogen-bond acceptors (Lipinski definition) is 3. The SMILES string of the molecule is Cc1ccccc1C1CCCN(C(=O)c2ccc(SCCO)cc2)C1. The molecule has 1 atom stereocenters. The number of rotatable bonds is 5. The van der Waals surface area contributed by atoms with E-state index in [1.165, 1.54) is 11.1 Å². The zero-order valence-corrected chi connectivity index (χ0v) is 15.5. The second-order valence-electron chi connectivity index (χ2n) is 6.54. The standard InChI is InChI=1S/C21H25NO2S/c1-16-5-2-3-7-20(16)18-6-4-12-22(15-18)21(24)17-8-10-19(11-9-17)25-14-13-23/h2-3,5,7-11,18,23H,4,6,12-15H2,1H3. The fourth-order valence-corrected chi connectivity index (χ4v) is 4.16. The van der Waals surface area contributed by atoms with Gasteiger partial charge in [-0.15, -0.1) is 11.8 Å². The van der Waals surface area contributed by atoms with Gasteiger partial charge in [0.1, 0.15) is 0 Å². The van der Waals surface area contributed by atoms with E-state index in [1.807, 2.05) is 29.2 Å².